The molecule has 5 rings (SSSR count). The second kappa shape index (κ2) is 7.83. The molecule has 1 aliphatic heterocycles. The van der Waals surface area contributed by atoms with Gasteiger partial charge >= 0.3 is 0 Å². The van der Waals surface area contributed by atoms with Crippen molar-refractivity contribution in [2.45, 2.75) is 12.5 Å². The first kappa shape index (κ1) is 18.1. The van der Waals surface area contributed by atoms with Crippen molar-refractivity contribution < 1.29 is 13.9 Å². The maximum Gasteiger partial charge on any atom is 0.251 e. The van der Waals surface area contributed by atoms with E-state index in [1.807, 2.05) is 66.7 Å². The number of carbonyl (C=O) groups is 1. The van der Waals surface area contributed by atoms with Gasteiger partial charge in [-0.3, -0.25) is 4.79 Å². The Bertz CT molecular complexity index is 1170. The van der Waals surface area contributed by atoms with E-state index in [9.17, 15) is 4.79 Å². The highest BCUT2D eigenvalue weighted by atomic mass is 16.5. The molecule has 1 unspecified atom stereocenters. The van der Waals surface area contributed by atoms with Crippen molar-refractivity contribution in [3.63, 3.8) is 0 Å². The minimum Gasteiger partial charge on any atom is -0.493 e. The molecule has 1 N–H and O–H groups in total. The van der Waals surface area contributed by atoms with Crippen LogP contribution in [-0.4, -0.2) is 22.7 Å². The summed E-state index contributed by atoms with van der Waals surface area (Å²) in [6.07, 6.45) is 0.741. The summed E-state index contributed by atoms with van der Waals surface area (Å²) < 4.78 is 11.4. The summed E-state index contributed by atoms with van der Waals surface area (Å²) in [4.78, 5) is 12.8. The molecule has 0 spiro atoms. The van der Waals surface area contributed by atoms with E-state index < -0.39 is 0 Å². The second-order valence-electron chi connectivity index (χ2n) is 7.06. The van der Waals surface area contributed by atoms with Crippen LogP contribution in [0.4, 0.5) is 0 Å². The molecule has 0 aliphatic carbocycles. The second-order valence-corrected chi connectivity index (χ2v) is 7.06. The minimum atomic E-state index is -0.126. The molecule has 4 aromatic rings. The molecule has 0 saturated carbocycles. The van der Waals surface area contributed by atoms with Crippen LogP contribution < -0.4 is 10.1 Å². The Hall–Kier alpha value is -3.93. The number of nitrogens with one attached hydrogen (secondary N) is 1. The number of rotatable bonds is 4. The van der Waals surface area contributed by atoms with E-state index in [1.54, 1.807) is 12.1 Å². The molecule has 148 valence electrons. The van der Waals surface area contributed by atoms with Crippen molar-refractivity contribution in [1.29, 1.82) is 0 Å². The zero-order valence-corrected chi connectivity index (χ0v) is 16.1. The lowest BCUT2D eigenvalue weighted by atomic mass is 10.00. The molecule has 30 heavy (non-hydrogen) atoms. The van der Waals surface area contributed by atoms with E-state index >= 15 is 0 Å². The van der Waals surface area contributed by atoms with E-state index in [-0.39, 0.29) is 11.9 Å². The predicted octanol–water partition coefficient (Wildman–Crippen LogP) is 4.66. The molecule has 6 heteroatoms. The van der Waals surface area contributed by atoms with Crippen LogP contribution in [0.2, 0.25) is 0 Å². The molecule has 1 aromatic heterocycles. The monoisotopic (exact) mass is 397 g/mol. The number of fused-ring (bicyclic) bond motifs is 1. The van der Waals surface area contributed by atoms with Crippen LogP contribution in [0.3, 0.4) is 0 Å². The number of ether oxygens (including phenoxy) is 1. The van der Waals surface area contributed by atoms with E-state index in [4.69, 9.17) is 9.15 Å². The third kappa shape index (κ3) is 3.55. The number of aromatic nitrogens is 2. The highest BCUT2D eigenvalue weighted by Gasteiger charge is 2.23. The molecule has 3 aromatic carbocycles. The van der Waals surface area contributed by atoms with Gasteiger partial charge in [0.05, 0.1) is 12.6 Å². The molecule has 0 radical (unpaired) electrons. The first-order valence-electron chi connectivity index (χ1n) is 9.80. The standard InChI is InChI=1S/C24H19N3O3/c28-22(25-20-14-15-29-21-9-5-4-8-19(20)21)16-10-12-18(13-11-16)24-27-26-23(30-24)17-6-2-1-3-7-17/h1-13,20H,14-15H2,(H,25,28). The SMILES string of the molecule is O=C(NC1CCOc2ccccc21)c1ccc(-c2nnc(-c3ccccc3)o2)cc1. The van der Waals surface area contributed by atoms with Gasteiger partial charge < -0.3 is 14.5 Å². The Labute approximate surface area is 173 Å². The van der Waals surface area contributed by atoms with Gasteiger partial charge in [0.15, 0.2) is 0 Å². The van der Waals surface area contributed by atoms with Crippen LogP contribution in [0.25, 0.3) is 22.9 Å². The Balaban J connectivity index is 1.31. The van der Waals surface area contributed by atoms with Crippen LogP contribution in [0.5, 0.6) is 5.75 Å². The van der Waals surface area contributed by atoms with Gasteiger partial charge in [0, 0.05) is 28.7 Å². The zero-order valence-electron chi connectivity index (χ0n) is 16.1. The van der Waals surface area contributed by atoms with Crippen molar-refractivity contribution in [3.05, 3.63) is 90.0 Å². The number of amides is 1. The summed E-state index contributed by atoms with van der Waals surface area (Å²) in [7, 11) is 0. The van der Waals surface area contributed by atoms with E-state index in [0.717, 1.165) is 28.9 Å². The normalized spacial score (nSPS) is 15.1. The third-order valence-electron chi connectivity index (χ3n) is 5.10. The summed E-state index contributed by atoms with van der Waals surface area (Å²) in [6.45, 7) is 0.585. The number of carbonyl (C=O) groups excluding carboxylic acids is 1. The van der Waals surface area contributed by atoms with E-state index in [0.29, 0.717) is 24.0 Å². The van der Waals surface area contributed by atoms with Crippen LogP contribution in [0.15, 0.2) is 83.3 Å². The molecule has 2 heterocycles. The van der Waals surface area contributed by atoms with E-state index in [1.165, 1.54) is 0 Å². The average Bonchev–Trinajstić information content (AvgIpc) is 3.30. The summed E-state index contributed by atoms with van der Waals surface area (Å²) in [6, 6.07) is 24.5. The molecule has 1 atom stereocenters. The molecule has 6 nitrogen and oxygen atoms in total. The van der Waals surface area contributed by atoms with Crippen LogP contribution in [-0.2, 0) is 0 Å². The lowest BCUT2D eigenvalue weighted by Gasteiger charge is -2.26. The topological polar surface area (TPSA) is 77.2 Å². The summed E-state index contributed by atoms with van der Waals surface area (Å²) in [5.74, 6) is 1.58. The maximum absolute atomic E-state index is 12.8. The average molecular weight is 397 g/mol. The minimum absolute atomic E-state index is 0.0634. The highest BCUT2D eigenvalue weighted by Crippen LogP contribution is 2.32. The smallest absolute Gasteiger partial charge is 0.251 e. The van der Waals surface area contributed by atoms with Gasteiger partial charge in [-0.1, -0.05) is 36.4 Å². The van der Waals surface area contributed by atoms with Gasteiger partial charge in [-0.25, -0.2) is 0 Å². The fraction of sp³-hybridized carbons (Fsp3) is 0.125. The number of nitrogens with zero attached hydrogens (tertiary/aromatic N) is 2. The molecular weight excluding hydrogens is 378 g/mol. The van der Waals surface area contributed by atoms with Gasteiger partial charge in [0.25, 0.3) is 5.91 Å². The lowest BCUT2D eigenvalue weighted by Crippen LogP contribution is -2.32. The van der Waals surface area contributed by atoms with Crippen LogP contribution in [0, 0.1) is 0 Å². The van der Waals surface area contributed by atoms with Crippen molar-refractivity contribution in [2.75, 3.05) is 6.61 Å². The van der Waals surface area contributed by atoms with Gasteiger partial charge in [-0.15, -0.1) is 10.2 Å². The van der Waals surface area contributed by atoms with Crippen molar-refractivity contribution >= 4 is 5.91 Å². The Morgan fingerprint density at radius 3 is 2.27 bits per heavy atom. The maximum atomic E-state index is 12.8. The summed E-state index contributed by atoms with van der Waals surface area (Å²) in [5.41, 5.74) is 3.21. The van der Waals surface area contributed by atoms with E-state index in [2.05, 4.69) is 15.5 Å². The van der Waals surface area contributed by atoms with Crippen LogP contribution in [0.1, 0.15) is 28.4 Å². The van der Waals surface area contributed by atoms with Crippen molar-refractivity contribution in [2.24, 2.45) is 0 Å². The number of hydrogen-bond donors (Lipinski definition) is 1. The Kier molecular flexibility index (Phi) is 4.73. The van der Waals surface area contributed by atoms with Crippen molar-refractivity contribution in [3.8, 4) is 28.7 Å². The van der Waals surface area contributed by atoms with Gasteiger partial charge in [-0.05, 0) is 42.5 Å². The molecule has 0 fully saturated rings. The largest absolute Gasteiger partial charge is 0.493 e. The first-order valence-corrected chi connectivity index (χ1v) is 9.80. The molecule has 0 saturated heterocycles. The fourth-order valence-electron chi connectivity index (χ4n) is 3.54. The molecule has 0 bridgehead atoms. The summed E-state index contributed by atoms with van der Waals surface area (Å²) >= 11 is 0. The Morgan fingerprint density at radius 2 is 1.50 bits per heavy atom. The zero-order chi connectivity index (χ0) is 20.3. The van der Waals surface area contributed by atoms with Crippen molar-refractivity contribution in [1.82, 2.24) is 15.5 Å². The molecule has 1 aliphatic rings. The fourth-order valence-corrected chi connectivity index (χ4v) is 3.54. The number of hydrogen-bond acceptors (Lipinski definition) is 5. The number of benzene rings is 3. The number of para-hydroxylation sites is 1. The first-order chi connectivity index (χ1) is 14.8. The third-order valence-corrected chi connectivity index (χ3v) is 5.10. The summed E-state index contributed by atoms with van der Waals surface area (Å²) in [5, 5.41) is 11.3. The van der Waals surface area contributed by atoms with Gasteiger partial charge in [-0.2, -0.15) is 0 Å². The highest BCUT2D eigenvalue weighted by molar-refractivity contribution is 5.94. The lowest BCUT2D eigenvalue weighted by molar-refractivity contribution is 0.0925. The predicted molar refractivity (Wildman–Crippen MR) is 112 cm³/mol. The molecular formula is C24H19N3O3. The van der Waals surface area contributed by atoms with Gasteiger partial charge in [0.2, 0.25) is 11.8 Å². The quantitative estimate of drug-likeness (QED) is 0.542. The van der Waals surface area contributed by atoms with Crippen LogP contribution >= 0.6 is 0 Å². The Morgan fingerprint density at radius 1 is 0.833 bits per heavy atom. The van der Waals surface area contributed by atoms with Gasteiger partial charge in [0.1, 0.15) is 5.75 Å². The molecule has 1 amide bonds.